The molecule has 0 amide bonds. The topological polar surface area (TPSA) is 44.4 Å². The van der Waals surface area contributed by atoms with Crippen LogP contribution < -0.4 is 10.6 Å². The minimum absolute atomic E-state index is 0.0379. The van der Waals surface area contributed by atoms with Crippen molar-refractivity contribution in [2.45, 2.75) is 31.8 Å². The molecule has 0 saturated carbocycles. The highest BCUT2D eigenvalue weighted by molar-refractivity contribution is 5.89. The zero-order chi connectivity index (χ0) is 10.7. The molecule has 15 heavy (non-hydrogen) atoms. The van der Waals surface area contributed by atoms with Crippen LogP contribution in [-0.4, -0.2) is 55.5 Å². The van der Waals surface area contributed by atoms with Crippen molar-refractivity contribution in [1.29, 1.82) is 0 Å². The Kier molecular flexibility index (Phi) is 3.72. The van der Waals surface area contributed by atoms with Gasteiger partial charge in [-0.3, -0.25) is 9.69 Å². The summed E-state index contributed by atoms with van der Waals surface area (Å²) >= 11 is 0. The van der Waals surface area contributed by atoms with Crippen molar-refractivity contribution in [3.8, 4) is 0 Å². The number of Topliss-reactive ketones (excluding diaryl/α,β-unsaturated/α-hetero) is 1. The number of likely N-dealkylation sites (tertiary alicyclic amines) is 1. The minimum atomic E-state index is 0.0379. The van der Waals surface area contributed by atoms with Crippen LogP contribution in [0.1, 0.15) is 19.8 Å². The number of ketones is 1. The largest absolute Gasteiger partial charge is 0.313 e. The number of rotatable bonds is 3. The number of hydrogen-bond donors (Lipinski definition) is 2. The van der Waals surface area contributed by atoms with Gasteiger partial charge >= 0.3 is 0 Å². The predicted molar refractivity (Wildman–Crippen MR) is 59.9 cm³/mol. The van der Waals surface area contributed by atoms with E-state index in [1.807, 2.05) is 0 Å². The first-order valence-electron chi connectivity index (χ1n) is 6.05. The molecule has 2 saturated heterocycles. The molecule has 86 valence electrons. The van der Waals surface area contributed by atoms with Crippen LogP contribution in [0.3, 0.4) is 0 Å². The summed E-state index contributed by atoms with van der Waals surface area (Å²) in [7, 11) is 0. The van der Waals surface area contributed by atoms with Crippen LogP contribution in [0.25, 0.3) is 0 Å². The fourth-order valence-electron chi connectivity index (χ4n) is 2.61. The van der Waals surface area contributed by atoms with Gasteiger partial charge in [0.1, 0.15) is 0 Å². The minimum Gasteiger partial charge on any atom is -0.313 e. The van der Waals surface area contributed by atoms with Gasteiger partial charge in [-0.15, -0.1) is 0 Å². The monoisotopic (exact) mass is 211 g/mol. The van der Waals surface area contributed by atoms with Gasteiger partial charge in [0.15, 0.2) is 5.78 Å². The third-order valence-electron chi connectivity index (χ3n) is 3.48. The van der Waals surface area contributed by atoms with E-state index < -0.39 is 0 Å². The van der Waals surface area contributed by atoms with Crippen molar-refractivity contribution in [1.82, 2.24) is 15.5 Å². The van der Waals surface area contributed by atoms with E-state index in [-0.39, 0.29) is 12.1 Å². The number of nitrogens with one attached hydrogen (secondary N) is 2. The maximum absolute atomic E-state index is 12.2. The van der Waals surface area contributed by atoms with Gasteiger partial charge in [-0.25, -0.2) is 0 Å². The molecule has 0 aromatic carbocycles. The predicted octanol–water partition coefficient (Wildman–Crippen LogP) is -0.399. The molecule has 0 aromatic heterocycles. The van der Waals surface area contributed by atoms with Gasteiger partial charge in [-0.1, -0.05) is 6.92 Å². The second-order valence-electron chi connectivity index (χ2n) is 4.40. The molecule has 0 spiro atoms. The fraction of sp³-hybridized carbons (Fsp3) is 0.909. The molecule has 2 aliphatic heterocycles. The summed E-state index contributed by atoms with van der Waals surface area (Å²) in [6, 6.07) is 0.211. The van der Waals surface area contributed by atoms with Crippen molar-refractivity contribution >= 4 is 5.78 Å². The molecule has 2 aliphatic rings. The third kappa shape index (κ3) is 2.38. The molecule has 2 rings (SSSR count). The lowest BCUT2D eigenvalue weighted by atomic mass is 10.0. The lowest BCUT2D eigenvalue weighted by molar-refractivity contribution is -0.125. The first-order valence-corrected chi connectivity index (χ1v) is 6.05. The number of nitrogens with zero attached hydrogens (tertiary/aromatic N) is 1. The molecule has 0 aliphatic carbocycles. The van der Waals surface area contributed by atoms with Crippen LogP contribution in [0, 0.1) is 0 Å². The summed E-state index contributed by atoms with van der Waals surface area (Å²) < 4.78 is 0. The van der Waals surface area contributed by atoms with Gasteiger partial charge in [0.05, 0.1) is 12.1 Å². The number of hydrogen-bond acceptors (Lipinski definition) is 4. The zero-order valence-corrected chi connectivity index (χ0v) is 9.46. The Labute approximate surface area is 91.4 Å². The Balaban J connectivity index is 1.93. The van der Waals surface area contributed by atoms with Crippen LogP contribution in [0.5, 0.6) is 0 Å². The van der Waals surface area contributed by atoms with Crippen molar-refractivity contribution < 1.29 is 4.79 Å². The van der Waals surface area contributed by atoms with Gasteiger partial charge in [0.2, 0.25) is 0 Å². The van der Waals surface area contributed by atoms with E-state index in [1.54, 1.807) is 0 Å². The highest BCUT2D eigenvalue weighted by Gasteiger charge is 2.34. The summed E-state index contributed by atoms with van der Waals surface area (Å²) in [4.78, 5) is 14.5. The van der Waals surface area contributed by atoms with Crippen LogP contribution in [0.2, 0.25) is 0 Å². The molecule has 4 nitrogen and oxygen atoms in total. The fourth-order valence-corrected chi connectivity index (χ4v) is 2.61. The molecule has 2 fully saturated rings. The highest BCUT2D eigenvalue weighted by Crippen LogP contribution is 2.18. The Hall–Kier alpha value is -0.450. The van der Waals surface area contributed by atoms with E-state index in [9.17, 15) is 4.79 Å². The van der Waals surface area contributed by atoms with Crippen LogP contribution >= 0.6 is 0 Å². The third-order valence-corrected chi connectivity index (χ3v) is 3.48. The Morgan fingerprint density at radius 1 is 1.47 bits per heavy atom. The molecular weight excluding hydrogens is 190 g/mol. The van der Waals surface area contributed by atoms with Crippen molar-refractivity contribution in [2.24, 2.45) is 0 Å². The summed E-state index contributed by atoms with van der Waals surface area (Å²) in [5.41, 5.74) is 0. The maximum Gasteiger partial charge on any atom is 0.168 e. The molecule has 2 unspecified atom stereocenters. The molecule has 0 radical (unpaired) electrons. The first-order chi connectivity index (χ1) is 7.33. The highest BCUT2D eigenvalue weighted by atomic mass is 16.1. The number of carbonyl (C=O) groups excluding carboxylic acids is 1. The first kappa shape index (κ1) is 11.0. The Bertz CT molecular complexity index is 226. The van der Waals surface area contributed by atoms with Crippen LogP contribution in [0.15, 0.2) is 0 Å². The summed E-state index contributed by atoms with van der Waals surface area (Å²) in [5.74, 6) is 0.390. The second kappa shape index (κ2) is 5.05. The van der Waals surface area contributed by atoms with Gasteiger partial charge in [-0.05, 0) is 25.9 Å². The van der Waals surface area contributed by atoms with E-state index >= 15 is 0 Å². The average molecular weight is 211 g/mol. The second-order valence-corrected chi connectivity index (χ2v) is 4.40. The van der Waals surface area contributed by atoms with Gasteiger partial charge in [-0.2, -0.15) is 0 Å². The molecule has 2 N–H and O–H groups in total. The van der Waals surface area contributed by atoms with Crippen molar-refractivity contribution in [2.75, 3.05) is 32.7 Å². The normalized spacial score (nSPS) is 33.1. The molecule has 2 atom stereocenters. The zero-order valence-electron chi connectivity index (χ0n) is 9.46. The van der Waals surface area contributed by atoms with E-state index in [4.69, 9.17) is 0 Å². The van der Waals surface area contributed by atoms with Gasteiger partial charge in [0, 0.05) is 19.6 Å². The van der Waals surface area contributed by atoms with Crippen molar-refractivity contribution in [3.05, 3.63) is 0 Å². The van der Waals surface area contributed by atoms with E-state index in [1.165, 1.54) is 6.42 Å². The van der Waals surface area contributed by atoms with E-state index in [2.05, 4.69) is 22.5 Å². The lowest BCUT2D eigenvalue weighted by Gasteiger charge is -2.29. The quantitative estimate of drug-likeness (QED) is 0.667. The molecule has 0 bridgehead atoms. The standard InChI is InChI=1S/C11H21N3O/c1-2-14-7-3-4-10(14)11(15)9-8-12-5-6-13-9/h9-10,12-13H,2-8H2,1H3. The van der Waals surface area contributed by atoms with Gasteiger partial charge in [0.25, 0.3) is 0 Å². The van der Waals surface area contributed by atoms with E-state index in [0.29, 0.717) is 5.78 Å². The smallest absolute Gasteiger partial charge is 0.168 e. The number of likely N-dealkylation sites (N-methyl/N-ethyl adjacent to an activating group) is 1. The summed E-state index contributed by atoms with van der Waals surface area (Å²) in [6.45, 7) is 6.91. The SMILES string of the molecule is CCN1CCCC1C(=O)C1CNCCN1. The molecule has 2 heterocycles. The maximum atomic E-state index is 12.2. The average Bonchev–Trinajstić information content (AvgIpc) is 2.77. The molecule has 0 aromatic rings. The Morgan fingerprint density at radius 2 is 2.33 bits per heavy atom. The summed E-state index contributed by atoms with van der Waals surface area (Å²) in [6.07, 6.45) is 2.22. The van der Waals surface area contributed by atoms with Crippen molar-refractivity contribution in [3.63, 3.8) is 0 Å². The number of piperazine rings is 1. The van der Waals surface area contributed by atoms with Crippen LogP contribution in [0.4, 0.5) is 0 Å². The van der Waals surface area contributed by atoms with Gasteiger partial charge < -0.3 is 10.6 Å². The molecular formula is C11H21N3O. The molecule has 4 heteroatoms. The van der Waals surface area contributed by atoms with E-state index in [0.717, 1.165) is 39.1 Å². The Morgan fingerprint density at radius 3 is 3.00 bits per heavy atom. The van der Waals surface area contributed by atoms with Crippen LogP contribution in [-0.2, 0) is 4.79 Å². The lowest BCUT2D eigenvalue weighted by Crippen LogP contribution is -2.56. The number of carbonyl (C=O) groups is 1. The summed E-state index contributed by atoms with van der Waals surface area (Å²) in [5, 5.41) is 6.57.